The van der Waals surface area contributed by atoms with E-state index in [2.05, 4.69) is 294 Å². The molecular weight excluding hydrogens is 906 g/mol. The zero-order valence-electron chi connectivity index (χ0n) is 43.8. The minimum atomic E-state index is -0.298. The standard InChI is InChI=1S/C71H61BN3/c1-69(2)41-42-70(3,4)60-45-55(36-38-59(60)69)75-64-43-50(48-23-13-8-14-24-48)33-39-62(64)72-68-65(75)46-61-66(56-29-19-20-30-58(56)71(61,5)6)67(68)57-44-54(74(52-25-15-9-16-26-52)53-27-17-10-18-28-53)37-40-63(57)73-51-34-31-49(32-35-51)47-21-11-7-12-22-47/h7-40,43-46,73H,41-42H2,1-6H3. The molecular formula is C71H61BN3. The van der Waals surface area contributed by atoms with Crippen LogP contribution in [-0.2, 0) is 16.2 Å². The summed E-state index contributed by atoms with van der Waals surface area (Å²) in [7, 11) is 2.49. The lowest BCUT2D eigenvalue weighted by Crippen LogP contribution is -2.42. The van der Waals surface area contributed by atoms with Gasteiger partial charge >= 0.3 is 0 Å². The molecule has 75 heavy (non-hydrogen) atoms. The van der Waals surface area contributed by atoms with Gasteiger partial charge in [0.25, 0.3) is 0 Å². The summed E-state index contributed by atoms with van der Waals surface area (Å²) in [6, 6.07) is 85.2. The van der Waals surface area contributed by atoms with Crippen molar-refractivity contribution >= 4 is 63.7 Å². The van der Waals surface area contributed by atoms with E-state index in [1.807, 2.05) is 0 Å². The van der Waals surface area contributed by atoms with Crippen LogP contribution in [0.4, 0.5) is 45.5 Å². The van der Waals surface area contributed by atoms with Crippen molar-refractivity contribution in [2.45, 2.75) is 70.6 Å². The van der Waals surface area contributed by atoms with Crippen molar-refractivity contribution in [1.29, 1.82) is 0 Å². The molecule has 3 aliphatic rings. The first-order valence-corrected chi connectivity index (χ1v) is 26.7. The Morgan fingerprint density at radius 2 is 0.987 bits per heavy atom. The average Bonchev–Trinajstić information content (AvgIpc) is 3.68. The molecule has 1 heterocycles. The first-order chi connectivity index (χ1) is 36.4. The molecule has 0 amide bonds. The number of hydrogen-bond acceptors (Lipinski definition) is 3. The predicted molar refractivity (Wildman–Crippen MR) is 320 cm³/mol. The fourth-order valence-corrected chi connectivity index (χ4v) is 12.5. The van der Waals surface area contributed by atoms with E-state index in [4.69, 9.17) is 0 Å². The van der Waals surface area contributed by atoms with Gasteiger partial charge in [0.05, 0.1) is 0 Å². The van der Waals surface area contributed by atoms with Crippen LogP contribution in [0.25, 0.3) is 44.5 Å². The van der Waals surface area contributed by atoms with E-state index in [0.717, 1.165) is 40.4 Å². The maximum atomic E-state index is 4.03. The third-order valence-corrected chi connectivity index (χ3v) is 16.7. The summed E-state index contributed by atoms with van der Waals surface area (Å²) in [6.45, 7) is 14.6. The largest absolute Gasteiger partial charge is 0.355 e. The van der Waals surface area contributed by atoms with Crippen LogP contribution in [0, 0.1) is 0 Å². The minimum Gasteiger partial charge on any atom is -0.355 e. The Hall–Kier alpha value is -8.34. The first-order valence-electron chi connectivity index (χ1n) is 26.7. The van der Waals surface area contributed by atoms with Gasteiger partial charge in [-0.15, -0.1) is 0 Å². The van der Waals surface area contributed by atoms with E-state index in [1.165, 1.54) is 95.6 Å². The number of fused-ring (bicyclic) bond motifs is 6. The Morgan fingerprint density at radius 1 is 0.413 bits per heavy atom. The van der Waals surface area contributed by atoms with Crippen LogP contribution in [0.5, 0.6) is 0 Å². The Balaban J connectivity index is 1.11. The third kappa shape index (κ3) is 7.98. The summed E-state index contributed by atoms with van der Waals surface area (Å²) < 4.78 is 0. The van der Waals surface area contributed by atoms with Crippen LogP contribution in [0.1, 0.15) is 76.6 Å². The highest BCUT2D eigenvalue weighted by Crippen LogP contribution is 2.56. The van der Waals surface area contributed by atoms with Crippen molar-refractivity contribution in [2.75, 3.05) is 15.1 Å². The maximum absolute atomic E-state index is 4.03. The molecule has 2 aliphatic carbocycles. The van der Waals surface area contributed by atoms with Gasteiger partial charge in [0.15, 0.2) is 7.28 Å². The van der Waals surface area contributed by atoms with Gasteiger partial charge < -0.3 is 15.1 Å². The monoisotopic (exact) mass is 966 g/mol. The van der Waals surface area contributed by atoms with E-state index < -0.39 is 0 Å². The van der Waals surface area contributed by atoms with Crippen molar-refractivity contribution in [3.8, 4) is 44.5 Å². The van der Waals surface area contributed by atoms with Gasteiger partial charge in [-0.3, -0.25) is 0 Å². The molecule has 13 rings (SSSR count). The summed E-state index contributed by atoms with van der Waals surface area (Å²) in [4.78, 5) is 5.00. The van der Waals surface area contributed by atoms with E-state index >= 15 is 0 Å². The molecule has 1 N–H and O–H groups in total. The number of nitrogens with one attached hydrogen (secondary N) is 1. The second-order valence-electron chi connectivity index (χ2n) is 22.7. The van der Waals surface area contributed by atoms with Crippen LogP contribution >= 0.6 is 0 Å². The molecule has 1 radical (unpaired) electrons. The topological polar surface area (TPSA) is 18.5 Å². The molecule has 10 aromatic carbocycles. The normalized spacial score (nSPS) is 15.1. The van der Waals surface area contributed by atoms with E-state index in [0.29, 0.717) is 0 Å². The maximum Gasteiger partial charge on any atom is 0.197 e. The Bertz CT molecular complexity index is 3750. The number of anilines is 8. The first kappa shape index (κ1) is 46.5. The zero-order valence-corrected chi connectivity index (χ0v) is 43.8. The van der Waals surface area contributed by atoms with Gasteiger partial charge in [0.1, 0.15) is 0 Å². The SMILES string of the molecule is CC1(C)CCC(C)(C)c2cc(N3c4cc(-c5ccccc5)ccc4[B]c4c3cc3c(c4-c4cc(N(c5ccccc5)c5ccccc5)ccc4Nc4ccc(-c5ccccc5)cc4)-c4ccccc4C3(C)C)ccc21. The molecule has 0 saturated carbocycles. The molecule has 3 nitrogen and oxygen atoms in total. The summed E-state index contributed by atoms with van der Waals surface area (Å²) in [5.74, 6) is 0. The molecule has 0 aromatic heterocycles. The molecule has 4 heteroatoms. The summed E-state index contributed by atoms with van der Waals surface area (Å²) in [5, 5.41) is 4.03. The third-order valence-electron chi connectivity index (χ3n) is 16.7. The van der Waals surface area contributed by atoms with Crippen molar-refractivity contribution < 1.29 is 0 Å². The second kappa shape index (κ2) is 18.0. The number of hydrogen-bond donors (Lipinski definition) is 1. The number of nitrogens with zero attached hydrogens (tertiary/aromatic N) is 2. The van der Waals surface area contributed by atoms with Crippen molar-refractivity contribution in [2.24, 2.45) is 0 Å². The average molecular weight is 967 g/mol. The van der Waals surface area contributed by atoms with Crippen LogP contribution in [0.2, 0.25) is 0 Å². The van der Waals surface area contributed by atoms with Gasteiger partial charge in [-0.1, -0.05) is 199 Å². The van der Waals surface area contributed by atoms with Gasteiger partial charge in [0, 0.05) is 56.5 Å². The summed E-state index contributed by atoms with van der Waals surface area (Å²) in [6.07, 6.45) is 2.31. The van der Waals surface area contributed by atoms with Crippen molar-refractivity contribution in [3.05, 3.63) is 253 Å². The van der Waals surface area contributed by atoms with Gasteiger partial charge in [-0.25, -0.2) is 0 Å². The molecule has 10 aromatic rings. The lowest BCUT2D eigenvalue weighted by molar-refractivity contribution is 0.332. The summed E-state index contributed by atoms with van der Waals surface area (Å²) in [5.41, 5.74) is 26.3. The molecule has 0 bridgehead atoms. The fourth-order valence-electron chi connectivity index (χ4n) is 12.5. The number of benzene rings is 10. The molecule has 0 atom stereocenters. The zero-order chi connectivity index (χ0) is 51.1. The molecule has 363 valence electrons. The van der Waals surface area contributed by atoms with Crippen LogP contribution in [0.15, 0.2) is 231 Å². The summed E-state index contributed by atoms with van der Waals surface area (Å²) >= 11 is 0. The number of rotatable bonds is 9. The van der Waals surface area contributed by atoms with Crippen molar-refractivity contribution in [3.63, 3.8) is 0 Å². The Labute approximate surface area is 444 Å². The Morgan fingerprint density at radius 3 is 1.65 bits per heavy atom. The quantitative estimate of drug-likeness (QED) is 0.145. The smallest absolute Gasteiger partial charge is 0.197 e. The minimum absolute atomic E-state index is 0.0245. The van der Waals surface area contributed by atoms with Gasteiger partial charge in [-0.05, 0) is 169 Å². The highest BCUT2D eigenvalue weighted by molar-refractivity contribution is 6.73. The molecule has 1 aliphatic heterocycles. The molecule has 0 unspecified atom stereocenters. The second-order valence-corrected chi connectivity index (χ2v) is 22.7. The highest BCUT2D eigenvalue weighted by Gasteiger charge is 2.42. The Kier molecular flexibility index (Phi) is 11.1. The molecule has 0 fully saturated rings. The molecule has 0 saturated heterocycles. The molecule has 0 spiro atoms. The van der Waals surface area contributed by atoms with E-state index in [-0.39, 0.29) is 16.2 Å². The fraction of sp³-hybridized carbons (Fsp3) is 0.155. The lowest BCUT2D eigenvalue weighted by atomic mass is 9.57. The van der Waals surface area contributed by atoms with E-state index in [9.17, 15) is 0 Å². The van der Waals surface area contributed by atoms with Crippen molar-refractivity contribution in [1.82, 2.24) is 0 Å². The predicted octanol–water partition coefficient (Wildman–Crippen LogP) is 18.0. The highest BCUT2D eigenvalue weighted by atomic mass is 15.2. The van der Waals surface area contributed by atoms with Gasteiger partial charge in [0.2, 0.25) is 0 Å². The van der Waals surface area contributed by atoms with E-state index in [1.54, 1.807) is 0 Å². The van der Waals surface area contributed by atoms with Gasteiger partial charge in [-0.2, -0.15) is 0 Å². The van der Waals surface area contributed by atoms with Crippen LogP contribution in [0.3, 0.4) is 0 Å². The van der Waals surface area contributed by atoms with Crippen LogP contribution in [-0.4, -0.2) is 7.28 Å². The number of para-hydroxylation sites is 2. The lowest BCUT2D eigenvalue weighted by Gasteiger charge is -2.43. The van der Waals surface area contributed by atoms with Crippen LogP contribution < -0.4 is 26.0 Å².